The van der Waals surface area contributed by atoms with Crippen LogP contribution in [0.5, 0.6) is 0 Å². The normalized spacial score (nSPS) is 15.1. The molecule has 0 bridgehead atoms. The molecule has 4 N–H and O–H groups in total. The van der Waals surface area contributed by atoms with Crippen molar-refractivity contribution in [2.24, 2.45) is 12.8 Å². The Labute approximate surface area is 84.9 Å². The van der Waals surface area contributed by atoms with E-state index < -0.39 is 18.1 Å². The van der Waals surface area contributed by atoms with Gasteiger partial charge in [-0.2, -0.15) is 0 Å². The third-order valence-electron chi connectivity index (χ3n) is 1.84. The Morgan fingerprint density at radius 2 is 2.36 bits per heavy atom. The van der Waals surface area contributed by atoms with Crippen LogP contribution in [0.15, 0.2) is 6.33 Å². The summed E-state index contributed by atoms with van der Waals surface area (Å²) in [4.78, 5) is 14.2. The predicted octanol–water partition coefficient (Wildman–Crippen LogP) is -0.481. The Hall–Kier alpha value is -1.11. The quantitative estimate of drug-likeness (QED) is 0.637. The third kappa shape index (κ3) is 1.87. The van der Waals surface area contributed by atoms with Crippen LogP contribution in [-0.2, 0) is 11.8 Å². The van der Waals surface area contributed by atoms with E-state index in [1.165, 1.54) is 10.9 Å². The zero-order chi connectivity index (χ0) is 10.9. The van der Waals surface area contributed by atoms with Crippen molar-refractivity contribution in [3.63, 3.8) is 0 Å². The second-order valence-electron chi connectivity index (χ2n) is 2.84. The van der Waals surface area contributed by atoms with Crippen LogP contribution in [0, 0.1) is 0 Å². The molecule has 0 radical (unpaired) electrons. The van der Waals surface area contributed by atoms with Crippen molar-refractivity contribution in [2.75, 3.05) is 0 Å². The van der Waals surface area contributed by atoms with Gasteiger partial charge in [0.1, 0.15) is 12.1 Å². The Bertz CT molecular complexity index is 332. The van der Waals surface area contributed by atoms with Crippen molar-refractivity contribution in [1.82, 2.24) is 9.55 Å². The number of carboxylic acid groups (broad SMARTS) is 1. The van der Waals surface area contributed by atoms with Crippen LogP contribution in [-0.4, -0.2) is 31.8 Å². The van der Waals surface area contributed by atoms with Crippen LogP contribution in [0.25, 0.3) is 0 Å². The fourth-order valence-electron chi connectivity index (χ4n) is 1.05. The van der Waals surface area contributed by atoms with Gasteiger partial charge in [0.15, 0.2) is 5.15 Å². The van der Waals surface area contributed by atoms with Gasteiger partial charge in [0.2, 0.25) is 0 Å². The molecule has 2 unspecified atom stereocenters. The number of halogens is 1. The van der Waals surface area contributed by atoms with Crippen LogP contribution in [0.1, 0.15) is 11.8 Å². The second-order valence-corrected chi connectivity index (χ2v) is 3.20. The molecule has 0 aromatic carbocycles. The van der Waals surface area contributed by atoms with E-state index in [1.807, 2.05) is 0 Å². The lowest BCUT2D eigenvalue weighted by Crippen LogP contribution is -2.37. The molecule has 6 nitrogen and oxygen atoms in total. The number of rotatable bonds is 3. The van der Waals surface area contributed by atoms with Crippen molar-refractivity contribution in [3.05, 3.63) is 17.2 Å². The molecule has 0 amide bonds. The van der Waals surface area contributed by atoms with E-state index in [9.17, 15) is 9.90 Å². The van der Waals surface area contributed by atoms with Crippen molar-refractivity contribution in [3.8, 4) is 0 Å². The van der Waals surface area contributed by atoms with Gasteiger partial charge in [0.25, 0.3) is 0 Å². The topological polar surface area (TPSA) is 101 Å². The Kier molecular flexibility index (Phi) is 3.10. The van der Waals surface area contributed by atoms with E-state index in [1.54, 1.807) is 7.05 Å². The van der Waals surface area contributed by atoms with Gasteiger partial charge in [0, 0.05) is 7.05 Å². The standard InChI is InChI=1S/C7H10ClN3O3/c1-11-2-10-6(8)4(11)5(12)3(9)7(13)14/h2-3,5,12H,9H2,1H3,(H,13,14). The molecule has 7 heteroatoms. The molecule has 0 saturated carbocycles. The van der Waals surface area contributed by atoms with Gasteiger partial charge in [-0.25, -0.2) is 4.98 Å². The number of hydrogen-bond acceptors (Lipinski definition) is 4. The molecule has 0 aliphatic carbocycles. The fourth-order valence-corrected chi connectivity index (χ4v) is 1.34. The predicted molar refractivity (Wildman–Crippen MR) is 48.8 cm³/mol. The average Bonchev–Trinajstić information content (AvgIpc) is 2.44. The fraction of sp³-hybridized carbons (Fsp3) is 0.429. The zero-order valence-corrected chi connectivity index (χ0v) is 8.14. The van der Waals surface area contributed by atoms with E-state index in [0.717, 1.165) is 0 Å². The lowest BCUT2D eigenvalue weighted by molar-refractivity contribution is -0.141. The number of carboxylic acids is 1. The molecule has 0 fully saturated rings. The molecule has 78 valence electrons. The highest BCUT2D eigenvalue weighted by atomic mass is 35.5. The zero-order valence-electron chi connectivity index (χ0n) is 7.38. The van der Waals surface area contributed by atoms with E-state index in [2.05, 4.69) is 4.98 Å². The summed E-state index contributed by atoms with van der Waals surface area (Å²) < 4.78 is 1.43. The van der Waals surface area contributed by atoms with Gasteiger partial charge in [-0.15, -0.1) is 0 Å². The Morgan fingerprint density at radius 3 is 2.71 bits per heavy atom. The minimum absolute atomic E-state index is 0.0525. The summed E-state index contributed by atoms with van der Waals surface area (Å²) >= 11 is 5.65. The monoisotopic (exact) mass is 219 g/mol. The van der Waals surface area contributed by atoms with Crippen molar-refractivity contribution in [2.45, 2.75) is 12.1 Å². The molecule has 1 heterocycles. The molecule has 0 aliphatic heterocycles. The third-order valence-corrected chi connectivity index (χ3v) is 2.13. The van der Waals surface area contributed by atoms with Crippen LogP contribution in [0.3, 0.4) is 0 Å². The van der Waals surface area contributed by atoms with E-state index in [4.69, 9.17) is 22.4 Å². The van der Waals surface area contributed by atoms with Crippen molar-refractivity contribution in [1.29, 1.82) is 0 Å². The summed E-state index contributed by atoms with van der Waals surface area (Å²) in [7, 11) is 1.59. The first-order valence-electron chi connectivity index (χ1n) is 3.78. The number of aliphatic carboxylic acids is 1. The van der Waals surface area contributed by atoms with Crippen LogP contribution in [0.4, 0.5) is 0 Å². The molecule has 2 atom stereocenters. The smallest absolute Gasteiger partial charge is 0.323 e. The van der Waals surface area contributed by atoms with E-state index >= 15 is 0 Å². The van der Waals surface area contributed by atoms with E-state index in [0.29, 0.717) is 0 Å². The van der Waals surface area contributed by atoms with Gasteiger partial charge >= 0.3 is 5.97 Å². The number of nitrogens with two attached hydrogens (primary N) is 1. The van der Waals surface area contributed by atoms with Gasteiger partial charge in [-0.1, -0.05) is 11.6 Å². The average molecular weight is 220 g/mol. The number of nitrogens with zero attached hydrogens (tertiary/aromatic N) is 2. The van der Waals surface area contributed by atoms with E-state index in [-0.39, 0.29) is 10.8 Å². The number of carbonyl (C=O) groups is 1. The van der Waals surface area contributed by atoms with Crippen LogP contribution < -0.4 is 5.73 Å². The summed E-state index contributed by atoms with van der Waals surface area (Å²) in [5.74, 6) is -1.30. The number of aromatic nitrogens is 2. The minimum atomic E-state index is -1.41. The summed E-state index contributed by atoms with van der Waals surface area (Å²) in [6.45, 7) is 0. The lowest BCUT2D eigenvalue weighted by Gasteiger charge is -2.15. The highest BCUT2D eigenvalue weighted by Gasteiger charge is 2.28. The molecule has 0 saturated heterocycles. The minimum Gasteiger partial charge on any atom is -0.480 e. The highest BCUT2D eigenvalue weighted by molar-refractivity contribution is 6.30. The first-order chi connectivity index (χ1) is 6.45. The van der Waals surface area contributed by atoms with Crippen molar-refractivity contribution >= 4 is 17.6 Å². The van der Waals surface area contributed by atoms with Crippen molar-refractivity contribution < 1.29 is 15.0 Å². The maximum absolute atomic E-state index is 10.5. The number of aliphatic hydroxyl groups is 1. The Morgan fingerprint density at radius 1 is 1.79 bits per heavy atom. The summed E-state index contributed by atoms with van der Waals surface area (Å²) in [6, 6.07) is -1.41. The first-order valence-corrected chi connectivity index (χ1v) is 4.16. The number of hydrogen-bond donors (Lipinski definition) is 3. The van der Waals surface area contributed by atoms with Gasteiger partial charge in [0.05, 0.1) is 12.0 Å². The molecule has 1 aromatic heterocycles. The molecule has 0 spiro atoms. The molecule has 0 aliphatic rings. The van der Waals surface area contributed by atoms with Gasteiger partial charge in [-0.3, -0.25) is 4.79 Å². The number of aliphatic hydroxyl groups excluding tert-OH is 1. The highest BCUT2D eigenvalue weighted by Crippen LogP contribution is 2.22. The van der Waals surface area contributed by atoms with Gasteiger partial charge < -0.3 is 20.5 Å². The Balaban J connectivity index is 2.99. The van der Waals surface area contributed by atoms with Crippen LogP contribution >= 0.6 is 11.6 Å². The summed E-state index contributed by atoms with van der Waals surface area (Å²) in [5.41, 5.74) is 5.44. The molecule has 14 heavy (non-hydrogen) atoms. The maximum atomic E-state index is 10.5. The molecule has 1 aromatic rings. The summed E-state index contributed by atoms with van der Waals surface area (Å²) in [6.07, 6.45) is 0.00244. The SMILES string of the molecule is Cn1cnc(Cl)c1C(O)C(N)C(=O)O. The lowest BCUT2D eigenvalue weighted by atomic mass is 10.1. The largest absolute Gasteiger partial charge is 0.480 e. The molecular formula is C7H10ClN3O3. The van der Waals surface area contributed by atoms with Crippen LogP contribution in [0.2, 0.25) is 5.15 Å². The molecule has 1 rings (SSSR count). The summed E-state index contributed by atoms with van der Waals surface area (Å²) in [5, 5.41) is 18.2. The number of aryl methyl sites for hydroxylation is 1. The second kappa shape index (κ2) is 3.95. The van der Waals surface area contributed by atoms with Gasteiger partial charge in [-0.05, 0) is 0 Å². The first kappa shape index (κ1) is 11.0. The molecular weight excluding hydrogens is 210 g/mol. The maximum Gasteiger partial charge on any atom is 0.323 e. The number of imidazole rings is 1.